The molecule has 2 heterocycles. The second-order valence-corrected chi connectivity index (χ2v) is 10.5. The molecule has 1 aliphatic carbocycles. The Hall–Kier alpha value is -3.38. The third-order valence-corrected chi connectivity index (χ3v) is 8.31. The van der Waals surface area contributed by atoms with Crippen LogP contribution in [-0.2, 0) is 10.3 Å². The Kier molecular flexibility index (Phi) is 6.15. The van der Waals surface area contributed by atoms with E-state index in [0.717, 1.165) is 19.3 Å². The van der Waals surface area contributed by atoms with Gasteiger partial charge in [0, 0.05) is 42.5 Å². The highest BCUT2D eigenvalue weighted by Crippen LogP contribution is 2.47. The molecule has 2 saturated heterocycles. The smallest absolute Gasteiger partial charge is 0.410 e. The van der Waals surface area contributed by atoms with Gasteiger partial charge in [0.2, 0.25) is 0 Å². The van der Waals surface area contributed by atoms with E-state index in [4.69, 9.17) is 9.47 Å². The number of aliphatic hydroxyl groups is 1. The van der Waals surface area contributed by atoms with Crippen molar-refractivity contribution in [3.05, 3.63) is 89.2 Å². The van der Waals surface area contributed by atoms with E-state index in [1.165, 1.54) is 28.3 Å². The van der Waals surface area contributed by atoms with E-state index in [2.05, 4.69) is 24.3 Å². The first-order valence-corrected chi connectivity index (χ1v) is 13.3. The Bertz CT molecular complexity index is 1260. The van der Waals surface area contributed by atoms with Crippen molar-refractivity contribution in [2.45, 2.75) is 62.6 Å². The largest absolute Gasteiger partial charge is 0.494 e. The molecule has 1 amide bonds. The molecular formula is C31H32FNO4. The molecule has 1 N–H and O–H groups in total. The normalized spacial score (nSPS) is 24.4. The van der Waals surface area contributed by atoms with Crippen LogP contribution >= 0.6 is 0 Å². The lowest BCUT2D eigenvalue weighted by Gasteiger charge is -2.51. The quantitative estimate of drug-likeness (QED) is 0.441. The number of hydrogen-bond donors (Lipinski definition) is 1. The molecule has 6 rings (SSSR count). The van der Waals surface area contributed by atoms with Crippen molar-refractivity contribution in [1.29, 1.82) is 0 Å². The third-order valence-electron chi connectivity index (χ3n) is 8.31. The Labute approximate surface area is 216 Å². The van der Waals surface area contributed by atoms with E-state index in [9.17, 15) is 9.90 Å². The lowest BCUT2D eigenvalue weighted by molar-refractivity contribution is -0.0906. The Morgan fingerprint density at radius 1 is 1.00 bits per heavy atom. The molecule has 0 spiro atoms. The fraction of sp³-hybridized carbons (Fsp3) is 0.387. The zero-order chi connectivity index (χ0) is 25.6. The predicted molar refractivity (Wildman–Crippen MR) is 139 cm³/mol. The molecule has 0 radical (unpaired) electrons. The number of amides is 1. The molecule has 3 aromatic rings. The van der Waals surface area contributed by atoms with Crippen LogP contribution in [0.5, 0.6) is 5.75 Å². The van der Waals surface area contributed by atoms with Crippen molar-refractivity contribution in [3.63, 3.8) is 0 Å². The molecule has 2 aliphatic heterocycles. The number of piperidine rings is 2. The summed E-state index contributed by atoms with van der Waals surface area (Å²) in [5.41, 5.74) is 3.68. The minimum atomic E-state index is -1.33. The maximum Gasteiger partial charge on any atom is 0.410 e. The van der Waals surface area contributed by atoms with Gasteiger partial charge >= 0.3 is 6.09 Å². The van der Waals surface area contributed by atoms with Crippen molar-refractivity contribution < 1.29 is 23.8 Å². The Morgan fingerprint density at radius 2 is 1.62 bits per heavy atom. The number of rotatable bonds is 5. The number of fused-ring (bicyclic) bond motifs is 5. The molecule has 3 aromatic carbocycles. The third kappa shape index (κ3) is 4.17. The molecule has 6 heteroatoms. The number of carbonyl (C=O) groups excluding carboxylic acids is 1. The summed E-state index contributed by atoms with van der Waals surface area (Å²) >= 11 is 0. The van der Waals surface area contributed by atoms with E-state index in [-0.39, 0.29) is 36.3 Å². The average Bonchev–Trinajstić information content (AvgIpc) is 3.20. The van der Waals surface area contributed by atoms with Crippen LogP contribution in [-0.4, -0.2) is 41.4 Å². The van der Waals surface area contributed by atoms with Crippen molar-refractivity contribution in [2.24, 2.45) is 0 Å². The van der Waals surface area contributed by atoms with Gasteiger partial charge in [0.15, 0.2) is 0 Å². The van der Waals surface area contributed by atoms with E-state index in [1.807, 2.05) is 36.1 Å². The number of benzene rings is 3. The summed E-state index contributed by atoms with van der Waals surface area (Å²) in [7, 11) is 0. The summed E-state index contributed by atoms with van der Waals surface area (Å²) in [5.74, 6) is -0.0272. The Balaban J connectivity index is 1.19. The lowest BCUT2D eigenvalue weighted by atomic mass is 9.72. The second kappa shape index (κ2) is 9.49. The zero-order valence-electron chi connectivity index (χ0n) is 21.0. The fourth-order valence-electron chi connectivity index (χ4n) is 6.75. The van der Waals surface area contributed by atoms with Crippen LogP contribution in [0.2, 0.25) is 0 Å². The van der Waals surface area contributed by atoms with Gasteiger partial charge in [0.05, 0.1) is 12.2 Å². The molecule has 2 bridgehead atoms. The van der Waals surface area contributed by atoms with Crippen LogP contribution in [0.4, 0.5) is 9.18 Å². The Morgan fingerprint density at radius 3 is 2.22 bits per heavy atom. The molecule has 192 valence electrons. The highest BCUT2D eigenvalue weighted by molar-refractivity contribution is 5.79. The molecule has 3 aliphatic rings. The first-order valence-electron chi connectivity index (χ1n) is 13.3. The lowest BCUT2D eigenvalue weighted by Crippen LogP contribution is -2.59. The standard InChI is InChI=1S/C31H32FNO4/c1-2-36-22-14-15-28(29(32)16-22)31(35)17-20-8-7-9-21(18-31)33(20)30(34)37-19-27-25-12-5-3-10-23(25)24-11-4-6-13-26(24)27/h3-6,10-16,20-21,27,35H,2,7-9,17-19H2,1H3. The summed E-state index contributed by atoms with van der Waals surface area (Å²) in [6.07, 6.45) is 2.75. The van der Waals surface area contributed by atoms with Crippen molar-refractivity contribution in [1.82, 2.24) is 4.90 Å². The van der Waals surface area contributed by atoms with Crippen molar-refractivity contribution in [2.75, 3.05) is 13.2 Å². The summed E-state index contributed by atoms with van der Waals surface area (Å²) < 4.78 is 26.4. The number of halogens is 1. The molecule has 5 nitrogen and oxygen atoms in total. The number of hydrogen-bond acceptors (Lipinski definition) is 4. The van der Waals surface area contributed by atoms with Crippen LogP contribution in [0.15, 0.2) is 66.7 Å². The van der Waals surface area contributed by atoms with Crippen LogP contribution in [0.1, 0.15) is 61.6 Å². The van der Waals surface area contributed by atoms with Crippen LogP contribution in [0.3, 0.4) is 0 Å². The molecule has 0 aromatic heterocycles. The summed E-state index contributed by atoms with van der Waals surface area (Å²) in [4.78, 5) is 15.3. The van der Waals surface area contributed by atoms with Gasteiger partial charge in [0.25, 0.3) is 0 Å². The van der Waals surface area contributed by atoms with Gasteiger partial charge in [-0.15, -0.1) is 0 Å². The van der Waals surface area contributed by atoms with Gasteiger partial charge in [0.1, 0.15) is 18.2 Å². The molecule has 2 unspecified atom stereocenters. The fourth-order valence-corrected chi connectivity index (χ4v) is 6.75. The minimum Gasteiger partial charge on any atom is -0.494 e. The van der Waals surface area contributed by atoms with E-state index in [1.54, 1.807) is 12.1 Å². The maximum absolute atomic E-state index is 15.0. The zero-order valence-corrected chi connectivity index (χ0v) is 21.0. The van der Waals surface area contributed by atoms with Gasteiger partial charge in [-0.25, -0.2) is 9.18 Å². The predicted octanol–water partition coefficient (Wildman–Crippen LogP) is 6.38. The number of ether oxygens (including phenoxy) is 2. The highest BCUT2D eigenvalue weighted by atomic mass is 19.1. The number of carbonyl (C=O) groups is 1. The van der Waals surface area contributed by atoms with Gasteiger partial charge in [-0.05, 0) is 60.6 Å². The molecule has 2 atom stereocenters. The van der Waals surface area contributed by atoms with Crippen LogP contribution in [0.25, 0.3) is 11.1 Å². The highest BCUT2D eigenvalue weighted by Gasteiger charge is 2.49. The van der Waals surface area contributed by atoms with Gasteiger partial charge < -0.3 is 19.5 Å². The first kappa shape index (κ1) is 24.0. The monoisotopic (exact) mass is 501 g/mol. The van der Waals surface area contributed by atoms with E-state index >= 15 is 4.39 Å². The minimum absolute atomic E-state index is 0.00383. The summed E-state index contributed by atoms with van der Waals surface area (Å²) in [5, 5.41) is 11.6. The van der Waals surface area contributed by atoms with Crippen LogP contribution in [0, 0.1) is 5.82 Å². The first-order chi connectivity index (χ1) is 18.0. The van der Waals surface area contributed by atoms with Gasteiger partial charge in [-0.1, -0.05) is 48.5 Å². The summed E-state index contributed by atoms with van der Waals surface area (Å²) in [6.45, 7) is 2.56. The SMILES string of the molecule is CCOc1ccc(C2(O)CC3CCCC(C2)N3C(=O)OCC2c3ccccc3-c3ccccc32)c(F)c1. The molecular weight excluding hydrogens is 469 g/mol. The molecule has 0 saturated carbocycles. The van der Waals surface area contributed by atoms with E-state index < -0.39 is 11.4 Å². The van der Waals surface area contributed by atoms with Crippen LogP contribution < -0.4 is 4.74 Å². The van der Waals surface area contributed by atoms with Crippen molar-refractivity contribution in [3.8, 4) is 16.9 Å². The van der Waals surface area contributed by atoms with E-state index in [0.29, 0.717) is 25.2 Å². The second-order valence-electron chi connectivity index (χ2n) is 10.5. The van der Waals surface area contributed by atoms with Gasteiger partial charge in [-0.3, -0.25) is 0 Å². The topological polar surface area (TPSA) is 59.0 Å². The van der Waals surface area contributed by atoms with Crippen molar-refractivity contribution >= 4 is 6.09 Å². The maximum atomic E-state index is 15.0. The van der Waals surface area contributed by atoms with Gasteiger partial charge in [-0.2, -0.15) is 0 Å². The summed E-state index contributed by atoms with van der Waals surface area (Å²) in [6, 6.07) is 20.8. The molecule has 2 fully saturated rings. The number of nitrogens with zero attached hydrogens (tertiary/aromatic N) is 1. The average molecular weight is 502 g/mol. The molecule has 37 heavy (non-hydrogen) atoms.